The van der Waals surface area contributed by atoms with E-state index in [4.69, 9.17) is 11.6 Å². The number of likely N-dealkylation sites (tertiary alicyclic amines) is 1. The van der Waals surface area contributed by atoms with Gasteiger partial charge in [-0.25, -0.2) is 9.37 Å². The Morgan fingerprint density at radius 2 is 2.00 bits per heavy atom. The number of hydrogen-bond donors (Lipinski definition) is 0. The van der Waals surface area contributed by atoms with E-state index in [9.17, 15) is 4.39 Å². The van der Waals surface area contributed by atoms with Crippen LogP contribution in [-0.4, -0.2) is 40.0 Å². The maximum absolute atomic E-state index is 14.0. The highest BCUT2D eigenvalue weighted by molar-refractivity contribution is 6.28. The predicted molar refractivity (Wildman–Crippen MR) is 83.4 cm³/mol. The molecule has 22 heavy (non-hydrogen) atoms. The average molecular weight is 319 g/mol. The SMILES string of the molecule is Fc1cnc(Cl)nc1N1CC2CC1CN2Cc1ccccc1. The van der Waals surface area contributed by atoms with Crippen LogP contribution in [0, 0.1) is 5.82 Å². The minimum atomic E-state index is -0.397. The van der Waals surface area contributed by atoms with Gasteiger partial charge in [-0.3, -0.25) is 4.90 Å². The van der Waals surface area contributed by atoms with Crippen molar-refractivity contribution >= 4 is 17.4 Å². The summed E-state index contributed by atoms with van der Waals surface area (Å²) < 4.78 is 14.0. The van der Waals surface area contributed by atoms with Crippen LogP contribution in [-0.2, 0) is 6.54 Å². The zero-order chi connectivity index (χ0) is 15.1. The number of nitrogens with zero attached hydrogens (tertiary/aromatic N) is 4. The van der Waals surface area contributed by atoms with Crippen molar-refractivity contribution in [3.63, 3.8) is 0 Å². The van der Waals surface area contributed by atoms with Gasteiger partial charge in [0, 0.05) is 31.7 Å². The molecule has 0 spiro atoms. The normalized spacial score (nSPS) is 24.2. The zero-order valence-corrected chi connectivity index (χ0v) is 12.7. The van der Waals surface area contributed by atoms with E-state index >= 15 is 0 Å². The summed E-state index contributed by atoms with van der Waals surface area (Å²) in [6, 6.07) is 11.2. The summed E-state index contributed by atoms with van der Waals surface area (Å²) in [4.78, 5) is 12.3. The molecule has 2 aromatic rings. The van der Waals surface area contributed by atoms with E-state index in [2.05, 4.69) is 39.1 Å². The van der Waals surface area contributed by atoms with E-state index in [1.165, 1.54) is 5.56 Å². The average Bonchev–Trinajstić information content (AvgIpc) is 3.11. The van der Waals surface area contributed by atoms with Crippen molar-refractivity contribution in [2.45, 2.75) is 25.0 Å². The van der Waals surface area contributed by atoms with Gasteiger partial charge in [0.25, 0.3) is 0 Å². The van der Waals surface area contributed by atoms with Crippen molar-refractivity contribution in [2.75, 3.05) is 18.0 Å². The van der Waals surface area contributed by atoms with Gasteiger partial charge in [0.1, 0.15) is 0 Å². The Kier molecular flexibility index (Phi) is 3.47. The second-order valence-corrected chi connectivity index (χ2v) is 6.26. The van der Waals surface area contributed by atoms with Crippen molar-refractivity contribution < 1.29 is 4.39 Å². The van der Waals surface area contributed by atoms with Crippen molar-refractivity contribution in [3.8, 4) is 0 Å². The summed E-state index contributed by atoms with van der Waals surface area (Å²) in [7, 11) is 0. The maximum atomic E-state index is 14.0. The molecule has 2 unspecified atom stereocenters. The molecule has 2 atom stereocenters. The van der Waals surface area contributed by atoms with Crippen LogP contribution in [0.3, 0.4) is 0 Å². The number of halogens is 2. The van der Waals surface area contributed by atoms with Gasteiger partial charge in [-0.15, -0.1) is 0 Å². The Hall–Kier alpha value is -1.72. The number of hydrogen-bond acceptors (Lipinski definition) is 4. The van der Waals surface area contributed by atoms with Crippen molar-refractivity contribution in [2.24, 2.45) is 0 Å². The Balaban J connectivity index is 1.49. The molecule has 1 aromatic carbocycles. The first-order chi connectivity index (χ1) is 10.7. The fraction of sp³-hybridized carbons (Fsp3) is 0.375. The van der Waals surface area contributed by atoms with Gasteiger partial charge in [-0.05, 0) is 23.6 Å². The van der Waals surface area contributed by atoms with Crippen LogP contribution in [0.4, 0.5) is 10.2 Å². The lowest BCUT2D eigenvalue weighted by Gasteiger charge is -2.35. The van der Waals surface area contributed by atoms with E-state index in [1.807, 2.05) is 11.0 Å². The van der Waals surface area contributed by atoms with Crippen LogP contribution in [0.25, 0.3) is 0 Å². The zero-order valence-electron chi connectivity index (χ0n) is 12.0. The fourth-order valence-corrected chi connectivity index (χ4v) is 3.69. The highest BCUT2D eigenvalue weighted by Crippen LogP contribution is 2.35. The molecule has 0 radical (unpaired) electrons. The molecule has 4 nitrogen and oxygen atoms in total. The lowest BCUT2D eigenvalue weighted by Crippen LogP contribution is -2.46. The standard InChI is InChI=1S/C16H16ClFN4/c17-16-19-7-14(18)15(20-16)22-10-12-6-13(22)9-21(12)8-11-4-2-1-3-5-11/h1-5,7,12-13H,6,8-10H2. The molecule has 6 heteroatoms. The third-order valence-electron chi connectivity index (χ3n) is 4.55. The van der Waals surface area contributed by atoms with Gasteiger partial charge in [0.05, 0.1) is 6.20 Å². The minimum Gasteiger partial charge on any atom is -0.348 e. The topological polar surface area (TPSA) is 32.3 Å². The molecule has 114 valence electrons. The number of aromatic nitrogens is 2. The molecule has 2 bridgehead atoms. The summed E-state index contributed by atoms with van der Waals surface area (Å²) in [5, 5.41) is 0.0975. The first-order valence-electron chi connectivity index (χ1n) is 7.43. The van der Waals surface area contributed by atoms with E-state index < -0.39 is 5.82 Å². The van der Waals surface area contributed by atoms with E-state index in [0.29, 0.717) is 17.9 Å². The number of rotatable bonds is 3. The van der Waals surface area contributed by atoms with E-state index in [0.717, 1.165) is 32.3 Å². The highest BCUT2D eigenvalue weighted by Gasteiger charge is 2.44. The summed E-state index contributed by atoms with van der Waals surface area (Å²) in [6.07, 6.45) is 2.20. The molecule has 2 fully saturated rings. The molecule has 0 saturated carbocycles. The monoisotopic (exact) mass is 318 g/mol. The second-order valence-electron chi connectivity index (χ2n) is 5.92. The maximum Gasteiger partial charge on any atom is 0.224 e. The van der Waals surface area contributed by atoms with Crippen molar-refractivity contribution in [3.05, 3.63) is 53.2 Å². The van der Waals surface area contributed by atoms with Crippen LogP contribution < -0.4 is 4.90 Å². The molecule has 2 aliphatic heterocycles. The lowest BCUT2D eigenvalue weighted by atomic mass is 10.2. The molecular weight excluding hydrogens is 303 g/mol. The smallest absolute Gasteiger partial charge is 0.224 e. The third-order valence-corrected chi connectivity index (χ3v) is 4.73. The number of benzene rings is 1. The molecular formula is C16H16ClFN4. The fourth-order valence-electron chi connectivity index (χ4n) is 3.56. The lowest BCUT2D eigenvalue weighted by molar-refractivity contribution is 0.229. The Labute approximate surface area is 133 Å². The van der Waals surface area contributed by atoms with Crippen LogP contribution >= 0.6 is 11.6 Å². The molecule has 4 rings (SSSR count). The van der Waals surface area contributed by atoms with Gasteiger partial charge in [-0.2, -0.15) is 4.98 Å². The number of anilines is 1. The second kappa shape index (κ2) is 5.48. The van der Waals surface area contributed by atoms with Gasteiger partial charge < -0.3 is 4.90 Å². The predicted octanol–water partition coefficient (Wildman–Crippen LogP) is 2.73. The third kappa shape index (κ3) is 2.44. The Morgan fingerprint density at radius 1 is 1.18 bits per heavy atom. The number of piperazine rings is 1. The highest BCUT2D eigenvalue weighted by atomic mass is 35.5. The minimum absolute atomic E-state index is 0.0975. The molecule has 0 N–H and O–H groups in total. The van der Waals surface area contributed by atoms with Crippen LogP contribution in [0.15, 0.2) is 36.5 Å². The van der Waals surface area contributed by atoms with Crippen LogP contribution in [0.2, 0.25) is 5.28 Å². The molecule has 3 heterocycles. The van der Waals surface area contributed by atoms with E-state index in [1.54, 1.807) is 0 Å². The molecule has 0 aliphatic carbocycles. The summed E-state index contributed by atoms with van der Waals surface area (Å²) in [5.74, 6) is -0.0570. The van der Waals surface area contributed by atoms with Crippen LogP contribution in [0.1, 0.15) is 12.0 Å². The Bertz CT molecular complexity index is 681. The largest absolute Gasteiger partial charge is 0.348 e. The molecule has 2 aliphatic rings. The summed E-state index contributed by atoms with van der Waals surface area (Å²) in [5.41, 5.74) is 1.32. The van der Waals surface area contributed by atoms with E-state index in [-0.39, 0.29) is 5.28 Å². The van der Waals surface area contributed by atoms with Crippen LogP contribution in [0.5, 0.6) is 0 Å². The Morgan fingerprint density at radius 3 is 2.73 bits per heavy atom. The van der Waals surface area contributed by atoms with Crippen molar-refractivity contribution in [1.82, 2.24) is 14.9 Å². The van der Waals surface area contributed by atoms with Crippen molar-refractivity contribution in [1.29, 1.82) is 0 Å². The molecule has 0 amide bonds. The summed E-state index contributed by atoms with van der Waals surface area (Å²) >= 11 is 5.81. The quantitative estimate of drug-likeness (QED) is 0.815. The number of fused-ring (bicyclic) bond motifs is 2. The molecule has 2 saturated heterocycles. The summed E-state index contributed by atoms with van der Waals surface area (Å²) in [6.45, 7) is 2.67. The molecule has 1 aromatic heterocycles. The first-order valence-corrected chi connectivity index (χ1v) is 7.81. The van der Waals surface area contributed by atoms with Gasteiger partial charge >= 0.3 is 0 Å². The van der Waals surface area contributed by atoms with Gasteiger partial charge in [0.2, 0.25) is 5.28 Å². The first kappa shape index (κ1) is 13.9. The van der Waals surface area contributed by atoms with Gasteiger partial charge in [-0.1, -0.05) is 30.3 Å². The van der Waals surface area contributed by atoms with Gasteiger partial charge in [0.15, 0.2) is 11.6 Å².